The highest BCUT2D eigenvalue weighted by atomic mass is 127. The van der Waals surface area contributed by atoms with Crippen molar-refractivity contribution in [2.24, 2.45) is 0 Å². The molecule has 2 heterocycles. The fourth-order valence-electron chi connectivity index (χ4n) is 5.03. The molecule has 8 heteroatoms. The summed E-state index contributed by atoms with van der Waals surface area (Å²) in [6.07, 6.45) is -3.50. The van der Waals surface area contributed by atoms with E-state index in [-0.39, 0.29) is 10.1 Å². The first-order valence-electron chi connectivity index (χ1n) is 11.9. The van der Waals surface area contributed by atoms with Gasteiger partial charge >= 0.3 is 6.18 Å². The van der Waals surface area contributed by atoms with E-state index in [0.717, 1.165) is 36.9 Å². The first-order valence-corrected chi connectivity index (χ1v) is 13.2. The van der Waals surface area contributed by atoms with Crippen molar-refractivity contribution in [3.8, 4) is 0 Å². The van der Waals surface area contributed by atoms with Crippen molar-refractivity contribution in [2.75, 3.05) is 31.1 Å². The van der Waals surface area contributed by atoms with Gasteiger partial charge in [0.25, 0.3) is 0 Å². The van der Waals surface area contributed by atoms with Crippen molar-refractivity contribution >= 4 is 50.1 Å². The Morgan fingerprint density at radius 3 is 2.57 bits per heavy atom. The van der Waals surface area contributed by atoms with Gasteiger partial charge in [-0.3, -0.25) is 4.90 Å². The lowest BCUT2D eigenvalue weighted by Gasteiger charge is -2.40. The Kier molecular flexibility index (Phi) is 6.69. The number of aromatic nitrogens is 2. The Balaban J connectivity index is 1.32. The maximum Gasteiger partial charge on any atom is 0.416 e. The summed E-state index contributed by atoms with van der Waals surface area (Å²) >= 11 is 2.41. The Labute approximate surface area is 216 Å². The largest absolute Gasteiger partial charge is 0.416 e. The zero-order valence-corrected chi connectivity index (χ0v) is 21.9. The molecule has 0 spiro atoms. The minimum atomic E-state index is -4.32. The molecule has 0 bridgehead atoms. The highest BCUT2D eigenvalue weighted by Crippen LogP contribution is 2.33. The topological polar surface area (TPSA) is 24.3 Å². The van der Waals surface area contributed by atoms with E-state index in [4.69, 9.17) is 4.98 Å². The molecular weight excluding hydrogens is 564 g/mol. The van der Waals surface area contributed by atoms with E-state index in [1.165, 1.54) is 28.4 Å². The van der Waals surface area contributed by atoms with Crippen LogP contribution < -0.4 is 4.90 Å². The van der Waals surface area contributed by atoms with Crippen LogP contribution in [0.1, 0.15) is 31.3 Å². The Morgan fingerprint density at radius 2 is 1.83 bits per heavy atom. The average Bonchev–Trinajstić information content (AvgIpc) is 3.22. The molecule has 35 heavy (non-hydrogen) atoms. The van der Waals surface area contributed by atoms with Crippen LogP contribution in [0.5, 0.6) is 0 Å². The number of imidazole rings is 1. The molecule has 0 aliphatic carbocycles. The normalized spacial score (nSPS) is 17.7. The molecule has 1 aliphatic heterocycles. The van der Waals surface area contributed by atoms with Crippen molar-refractivity contribution in [1.29, 1.82) is 0 Å². The van der Waals surface area contributed by atoms with E-state index in [2.05, 4.69) is 87.2 Å². The number of alkyl halides is 4. The van der Waals surface area contributed by atoms with Crippen LogP contribution in [0.3, 0.4) is 0 Å². The SMILES string of the molecule is CC(C)n1c(CCN2CCN(c3cccc(C(F)(F)F)c3)CC2I)nc2ccc3ccccc3c21. The summed E-state index contributed by atoms with van der Waals surface area (Å²) in [6.45, 7) is 7.44. The van der Waals surface area contributed by atoms with E-state index in [0.29, 0.717) is 18.8 Å². The van der Waals surface area contributed by atoms with Gasteiger partial charge in [-0.05, 0) is 43.5 Å². The van der Waals surface area contributed by atoms with E-state index in [9.17, 15) is 13.2 Å². The fraction of sp³-hybridized carbons (Fsp3) is 0.370. The molecule has 4 nitrogen and oxygen atoms in total. The lowest BCUT2D eigenvalue weighted by molar-refractivity contribution is -0.137. The molecule has 184 valence electrons. The number of benzene rings is 3. The molecule has 4 aromatic rings. The lowest BCUT2D eigenvalue weighted by Crippen LogP contribution is -2.51. The second-order valence-electron chi connectivity index (χ2n) is 9.36. The molecule has 0 radical (unpaired) electrons. The predicted molar refractivity (Wildman–Crippen MR) is 144 cm³/mol. The van der Waals surface area contributed by atoms with E-state index >= 15 is 0 Å². The molecule has 1 unspecified atom stereocenters. The highest BCUT2D eigenvalue weighted by molar-refractivity contribution is 14.1. The minimum absolute atomic E-state index is 0.202. The number of hydrogen-bond acceptors (Lipinski definition) is 3. The van der Waals surface area contributed by atoms with E-state index < -0.39 is 11.7 Å². The third-order valence-corrected chi connectivity index (χ3v) is 7.93. The summed E-state index contributed by atoms with van der Waals surface area (Å²) in [5.41, 5.74) is 2.25. The van der Waals surface area contributed by atoms with Crippen LogP contribution in [0.25, 0.3) is 21.8 Å². The van der Waals surface area contributed by atoms with E-state index in [1.54, 1.807) is 6.07 Å². The van der Waals surface area contributed by atoms with Gasteiger partial charge in [-0.2, -0.15) is 13.2 Å². The number of halogens is 4. The van der Waals surface area contributed by atoms with Gasteiger partial charge in [-0.1, -0.05) is 59.0 Å². The van der Waals surface area contributed by atoms with Crippen LogP contribution in [0, 0.1) is 0 Å². The number of fused-ring (bicyclic) bond motifs is 3. The Morgan fingerprint density at radius 1 is 1.03 bits per heavy atom. The monoisotopic (exact) mass is 592 g/mol. The van der Waals surface area contributed by atoms with Crippen molar-refractivity contribution in [1.82, 2.24) is 14.5 Å². The van der Waals surface area contributed by atoms with E-state index in [1.807, 2.05) is 0 Å². The molecule has 0 amide bonds. The van der Waals surface area contributed by atoms with Gasteiger partial charge < -0.3 is 9.47 Å². The molecule has 0 N–H and O–H groups in total. The van der Waals surface area contributed by atoms with Crippen LogP contribution in [-0.2, 0) is 12.6 Å². The fourth-order valence-corrected chi connectivity index (χ4v) is 6.06. The maximum atomic E-state index is 13.2. The Bertz CT molecular complexity index is 1350. The second-order valence-corrected chi connectivity index (χ2v) is 10.8. The predicted octanol–water partition coefficient (Wildman–Crippen LogP) is 6.92. The third-order valence-electron chi connectivity index (χ3n) is 6.75. The van der Waals surface area contributed by atoms with Crippen LogP contribution in [-0.4, -0.2) is 44.7 Å². The van der Waals surface area contributed by atoms with Crippen molar-refractivity contribution in [3.63, 3.8) is 0 Å². The van der Waals surface area contributed by atoms with Crippen LogP contribution in [0.2, 0.25) is 0 Å². The smallest absolute Gasteiger partial charge is 0.368 e. The second kappa shape index (κ2) is 9.61. The molecule has 1 saturated heterocycles. The van der Waals surface area contributed by atoms with Gasteiger partial charge in [0.2, 0.25) is 0 Å². The quantitative estimate of drug-likeness (QED) is 0.143. The molecule has 1 fully saturated rings. The van der Waals surface area contributed by atoms with Crippen molar-refractivity contribution < 1.29 is 13.2 Å². The minimum Gasteiger partial charge on any atom is -0.368 e. The van der Waals surface area contributed by atoms with Gasteiger partial charge in [0.15, 0.2) is 0 Å². The molecule has 1 atom stereocenters. The molecular formula is C27H28F3IN4. The van der Waals surface area contributed by atoms with Gasteiger partial charge in [-0.25, -0.2) is 4.98 Å². The van der Waals surface area contributed by atoms with Gasteiger partial charge in [-0.15, -0.1) is 0 Å². The molecule has 0 saturated carbocycles. The first kappa shape index (κ1) is 24.4. The van der Waals surface area contributed by atoms with Crippen LogP contribution in [0.15, 0.2) is 60.7 Å². The summed E-state index contributed by atoms with van der Waals surface area (Å²) in [4.78, 5) is 9.47. The van der Waals surface area contributed by atoms with Gasteiger partial charge in [0.1, 0.15) is 5.82 Å². The maximum absolute atomic E-state index is 13.2. The first-order chi connectivity index (χ1) is 16.7. The summed E-state index contributed by atoms with van der Waals surface area (Å²) < 4.78 is 42.0. The average molecular weight is 592 g/mol. The highest BCUT2D eigenvalue weighted by Gasteiger charge is 2.32. The summed E-state index contributed by atoms with van der Waals surface area (Å²) in [5, 5.41) is 2.44. The number of hydrogen-bond donors (Lipinski definition) is 0. The number of nitrogens with zero attached hydrogens (tertiary/aromatic N) is 4. The summed E-state index contributed by atoms with van der Waals surface area (Å²) in [6, 6.07) is 18.6. The molecule has 3 aromatic carbocycles. The molecule has 1 aliphatic rings. The van der Waals surface area contributed by atoms with Crippen molar-refractivity contribution in [3.05, 3.63) is 72.1 Å². The third kappa shape index (κ3) is 4.87. The number of piperazine rings is 1. The zero-order chi connectivity index (χ0) is 24.7. The van der Waals surface area contributed by atoms with Crippen LogP contribution >= 0.6 is 22.6 Å². The summed E-state index contributed by atoms with van der Waals surface area (Å²) in [7, 11) is 0. The lowest BCUT2D eigenvalue weighted by atomic mass is 10.1. The van der Waals surface area contributed by atoms with Gasteiger partial charge in [0.05, 0.1) is 20.6 Å². The van der Waals surface area contributed by atoms with Crippen molar-refractivity contribution in [2.45, 2.75) is 36.5 Å². The zero-order valence-electron chi connectivity index (χ0n) is 19.8. The number of rotatable bonds is 5. The molecule has 1 aromatic heterocycles. The number of anilines is 1. The van der Waals surface area contributed by atoms with Crippen LogP contribution in [0.4, 0.5) is 18.9 Å². The Hall–Kier alpha value is -2.33. The van der Waals surface area contributed by atoms with Gasteiger partial charge in [0, 0.05) is 49.7 Å². The molecule has 5 rings (SSSR count). The summed E-state index contributed by atoms with van der Waals surface area (Å²) in [5.74, 6) is 1.08. The standard InChI is InChI=1S/C27H28F3IN4/c1-18(2)35-25(32-23-11-10-19-6-3-4-9-22(19)26(23)35)12-13-33-14-15-34(17-24(33)31)21-8-5-7-20(16-21)27(28,29)30/h3-11,16,18,24H,12-15,17H2,1-2H3.